The third-order valence-electron chi connectivity index (χ3n) is 5.21. The molecule has 1 N–H and O–H groups in total. The Morgan fingerprint density at radius 1 is 1.21 bits per heavy atom. The molecule has 2 aliphatic rings. The fourth-order valence-corrected chi connectivity index (χ4v) is 3.63. The minimum absolute atomic E-state index is 0. The predicted octanol–water partition coefficient (Wildman–Crippen LogP) is 3.94. The number of nitrogens with zero attached hydrogens (tertiary/aromatic N) is 2. The van der Waals surface area contributed by atoms with E-state index in [1.54, 1.807) is 0 Å². The number of likely N-dealkylation sites (tertiary alicyclic amines) is 1. The fraction of sp³-hybridized carbons (Fsp3) is 0.591. The topological polar surface area (TPSA) is 46.1 Å². The first kappa shape index (κ1) is 23.2. The lowest BCUT2D eigenvalue weighted by molar-refractivity contribution is -0.0320. The number of piperidine rings is 1. The van der Waals surface area contributed by atoms with Crippen molar-refractivity contribution in [3.63, 3.8) is 0 Å². The third kappa shape index (κ3) is 7.72. The maximum Gasteiger partial charge on any atom is 0.193 e. The van der Waals surface area contributed by atoms with Gasteiger partial charge in [-0.3, -0.25) is 4.99 Å². The summed E-state index contributed by atoms with van der Waals surface area (Å²) < 4.78 is 11.3. The lowest BCUT2D eigenvalue weighted by Crippen LogP contribution is -2.44. The lowest BCUT2D eigenvalue weighted by atomic mass is 10.0. The highest BCUT2D eigenvalue weighted by molar-refractivity contribution is 14.0. The quantitative estimate of drug-likeness (QED) is 0.279. The van der Waals surface area contributed by atoms with E-state index in [0.29, 0.717) is 6.10 Å². The van der Waals surface area contributed by atoms with Gasteiger partial charge in [-0.25, -0.2) is 0 Å². The van der Waals surface area contributed by atoms with Crippen molar-refractivity contribution in [3.8, 4) is 0 Å². The Morgan fingerprint density at radius 3 is 2.61 bits per heavy atom. The molecule has 2 fully saturated rings. The zero-order valence-corrected chi connectivity index (χ0v) is 19.3. The summed E-state index contributed by atoms with van der Waals surface area (Å²) in [5.74, 6) is 1.01. The third-order valence-corrected chi connectivity index (χ3v) is 5.21. The van der Waals surface area contributed by atoms with Crippen LogP contribution < -0.4 is 5.32 Å². The molecule has 2 saturated heterocycles. The number of hydrogen-bond donors (Lipinski definition) is 1. The number of nitrogens with one attached hydrogen (secondary N) is 1. The summed E-state index contributed by atoms with van der Waals surface area (Å²) in [4.78, 5) is 6.83. The van der Waals surface area contributed by atoms with E-state index < -0.39 is 0 Å². The fourth-order valence-electron chi connectivity index (χ4n) is 3.63. The molecule has 156 valence electrons. The number of aliphatic imine (C=N–C) groups is 1. The van der Waals surface area contributed by atoms with Crippen LogP contribution in [0.1, 0.15) is 37.7 Å². The standard InChI is InChI=1S/C22H33N3O2.HI/c1-23-22(24-12-5-15-27-21-10-16-26-17-11-21)25-13-8-20(9-14-25)18-19-6-3-2-4-7-19;/h2-4,6-7,18,21H,5,8-17H2,1H3,(H,23,24);1H. The zero-order chi connectivity index (χ0) is 18.7. The molecule has 5 nitrogen and oxygen atoms in total. The highest BCUT2D eigenvalue weighted by Gasteiger charge is 2.17. The SMILES string of the molecule is CN=C(NCCCOC1CCOCC1)N1CCC(=Cc2ccccc2)CC1.I. The van der Waals surface area contributed by atoms with Crippen LogP contribution in [0.5, 0.6) is 0 Å². The van der Waals surface area contributed by atoms with Gasteiger partial charge in [0.05, 0.1) is 6.10 Å². The van der Waals surface area contributed by atoms with Gasteiger partial charge >= 0.3 is 0 Å². The molecule has 3 rings (SSSR count). The number of rotatable bonds is 6. The van der Waals surface area contributed by atoms with Crippen molar-refractivity contribution in [2.75, 3.05) is 46.5 Å². The summed E-state index contributed by atoms with van der Waals surface area (Å²) in [6.07, 6.45) is 7.98. The van der Waals surface area contributed by atoms with Gasteiger partial charge in [0, 0.05) is 46.5 Å². The van der Waals surface area contributed by atoms with Gasteiger partial charge in [0.2, 0.25) is 0 Å². The molecular formula is C22H34IN3O2. The van der Waals surface area contributed by atoms with Crippen LogP contribution in [-0.2, 0) is 9.47 Å². The van der Waals surface area contributed by atoms with Gasteiger partial charge in [-0.2, -0.15) is 0 Å². The molecule has 2 aliphatic heterocycles. The molecule has 1 aromatic rings. The molecule has 0 bridgehead atoms. The van der Waals surface area contributed by atoms with Crippen molar-refractivity contribution in [1.29, 1.82) is 0 Å². The lowest BCUT2D eigenvalue weighted by Gasteiger charge is -2.31. The maximum absolute atomic E-state index is 5.93. The summed E-state index contributed by atoms with van der Waals surface area (Å²) >= 11 is 0. The normalized spacial score (nSPS) is 18.5. The molecule has 6 heteroatoms. The van der Waals surface area contributed by atoms with E-state index in [9.17, 15) is 0 Å². The van der Waals surface area contributed by atoms with E-state index in [1.165, 1.54) is 11.1 Å². The second kappa shape index (κ2) is 13.2. The van der Waals surface area contributed by atoms with Crippen LogP contribution in [0.2, 0.25) is 0 Å². The van der Waals surface area contributed by atoms with E-state index in [0.717, 1.165) is 77.5 Å². The van der Waals surface area contributed by atoms with Crippen molar-refractivity contribution >= 4 is 36.0 Å². The van der Waals surface area contributed by atoms with E-state index >= 15 is 0 Å². The molecule has 0 unspecified atom stereocenters. The molecule has 0 atom stereocenters. The molecule has 0 spiro atoms. The smallest absolute Gasteiger partial charge is 0.193 e. The minimum atomic E-state index is 0. The molecule has 0 amide bonds. The molecule has 0 radical (unpaired) electrons. The highest BCUT2D eigenvalue weighted by Crippen LogP contribution is 2.19. The van der Waals surface area contributed by atoms with Crippen molar-refractivity contribution < 1.29 is 9.47 Å². The molecule has 0 aromatic heterocycles. The summed E-state index contributed by atoms with van der Waals surface area (Å²) in [7, 11) is 1.87. The first-order valence-corrected chi connectivity index (χ1v) is 10.2. The van der Waals surface area contributed by atoms with Crippen LogP contribution in [-0.4, -0.2) is 63.5 Å². The van der Waals surface area contributed by atoms with Gasteiger partial charge in [0.25, 0.3) is 0 Å². The van der Waals surface area contributed by atoms with E-state index in [-0.39, 0.29) is 24.0 Å². The first-order valence-electron chi connectivity index (χ1n) is 10.2. The summed E-state index contributed by atoms with van der Waals surface area (Å²) in [5, 5.41) is 3.49. The van der Waals surface area contributed by atoms with Crippen LogP contribution in [0.15, 0.2) is 40.9 Å². The van der Waals surface area contributed by atoms with Gasteiger partial charge < -0.3 is 19.7 Å². The Labute approximate surface area is 186 Å². The Hall–Kier alpha value is -1.12. The summed E-state index contributed by atoms with van der Waals surface area (Å²) in [6.45, 7) is 5.43. The van der Waals surface area contributed by atoms with Gasteiger partial charge in [-0.05, 0) is 37.7 Å². The number of ether oxygens (including phenoxy) is 2. The van der Waals surface area contributed by atoms with Crippen molar-refractivity contribution in [2.24, 2.45) is 4.99 Å². The van der Waals surface area contributed by atoms with Gasteiger partial charge in [0.15, 0.2) is 5.96 Å². The Kier molecular flexibility index (Phi) is 10.9. The van der Waals surface area contributed by atoms with Crippen molar-refractivity contribution in [2.45, 2.75) is 38.2 Å². The molecule has 28 heavy (non-hydrogen) atoms. The number of guanidine groups is 1. The summed E-state index contributed by atoms with van der Waals surface area (Å²) in [5.41, 5.74) is 2.82. The van der Waals surface area contributed by atoms with Crippen LogP contribution in [0.3, 0.4) is 0 Å². The zero-order valence-electron chi connectivity index (χ0n) is 16.9. The Bertz CT molecular complexity index is 605. The van der Waals surface area contributed by atoms with E-state index in [4.69, 9.17) is 9.47 Å². The highest BCUT2D eigenvalue weighted by atomic mass is 127. The molecule has 1 aromatic carbocycles. The molecule has 2 heterocycles. The van der Waals surface area contributed by atoms with Crippen LogP contribution >= 0.6 is 24.0 Å². The first-order chi connectivity index (χ1) is 13.3. The van der Waals surface area contributed by atoms with Crippen molar-refractivity contribution in [3.05, 3.63) is 41.5 Å². The Balaban J connectivity index is 0.00000280. The van der Waals surface area contributed by atoms with Crippen LogP contribution in [0, 0.1) is 0 Å². The second-order valence-corrected chi connectivity index (χ2v) is 7.21. The number of hydrogen-bond acceptors (Lipinski definition) is 3. The van der Waals surface area contributed by atoms with E-state index in [1.807, 2.05) is 7.05 Å². The number of halogens is 1. The van der Waals surface area contributed by atoms with Crippen LogP contribution in [0.25, 0.3) is 6.08 Å². The summed E-state index contributed by atoms with van der Waals surface area (Å²) in [6, 6.07) is 10.6. The average molecular weight is 499 g/mol. The molecule has 0 saturated carbocycles. The average Bonchev–Trinajstić information content (AvgIpc) is 2.73. The Morgan fingerprint density at radius 2 is 1.93 bits per heavy atom. The second-order valence-electron chi connectivity index (χ2n) is 7.21. The maximum atomic E-state index is 5.93. The largest absolute Gasteiger partial charge is 0.381 e. The monoisotopic (exact) mass is 499 g/mol. The number of benzene rings is 1. The van der Waals surface area contributed by atoms with Gasteiger partial charge in [-0.15, -0.1) is 24.0 Å². The molecular weight excluding hydrogens is 465 g/mol. The molecule has 0 aliphatic carbocycles. The van der Waals surface area contributed by atoms with E-state index in [2.05, 4.69) is 51.6 Å². The minimum Gasteiger partial charge on any atom is -0.381 e. The van der Waals surface area contributed by atoms with Gasteiger partial charge in [-0.1, -0.05) is 42.0 Å². The van der Waals surface area contributed by atoms with Crippen molar-refractivity contribution in [1.82, 2.24) is 10.2 Å². The van der Waals surface area contributed by atoms with Crippen LogP contribution in [0.4, 0.5) is 0 Å². The predicted molar refractivity (Wildman–Crippen MR) is 126 cm³/mol. The van der Waals surface area contributed by atoms with Gasteiger partial charge in [0.1, 0.15) is 0 Å².